The van der Waals surface area contributed by atoms with Crippen LogP contribution in [0.5, 0.6) is 0 Å². The molecule has 1 amide bonds. The second-order valence-corrected chi connectivity index (χ2v) is 6.38. The van der Waals surface area contributed by atoms with Gasteiger partial charge in [-0.25, -0.2) is 0 Å². The fourth-order valence-electron chi connectivity index (χ4n) is 2.35. The molecule has 5 heteroatoms. The molecule has 3 aromatic rings. The van der Waals surface area contributed by atoms with Crippen molar-refractivity contribution in [3.63, 3.8) is 0 Å². The summed E-state index contributed by atoms with van der Waals surface area (Å²) >= 11 is 1.50. The van der Waals surface area contributed by atoms with Gasteiger partial charge in [0.05, 0.1) is 0 Å². The van der Waals surface area contributed by atoms with Gasteiger partial charge in [0.2, 0.25) is 0 Å². The number of fused-ring (bicyclic) bond motifs is 1. The summed E-state index contributed by atoms with van der Waals surface area (Å²) < 4.78 is 1.09. The van der Waals surface area contributed by atoms with E-state index in [4.69, 9.17) is 0 Å². The van der Waals surface area contributed by atoms with Crippen molar-refractivity contribution in [2.45, 2.75) is 12.2 Å². The molecule has 0 aliphatic heterocycles. The minimum absolute atomic E-state index is 0.0650. The quantitative estimate of drug-likeness (QED) is 0.675. The zero-order valence-electron chi connectivity index (χ0n) is 12.3. The van der Waals surface area contributed by atoms with Gasteiger partial charge in [-0.05, 0) is 23.1 Å². The number of carbonyl (C=O) groups excluding carboxylic acids is 1. The van der Waals surface area contributed by atoms with Crippen LogP contribution in [-0.4, -0.2) is 22.7 Å². The first kappa shape index (κ1) is 15.7. The summed E-state index contributed by atoms with van der Waals surface area (Å²) in [5.74, 6) is -0.517. The van der Waals surface area contributed by atoms with E-state index < -0.39 is 18.1 Å². The predicted molar refractivity (Wildman–Crippen MR) is 91.2 cm³/mol. The highest BCUT2D eigenvalue weighted by Gasteiger charge is 2.19. The lowest BCUT2D eigenvalue weighted by Crippen LogP contribution is -2.32. The number of aliphatic hydroxyl groups is 2. The number of aliphatic hydroxyl groups excluding tert-OH is 2. The highest BCUT2D eigenvalue weighted by Crippen LogP contribution is 2.29. The fraction of sp³-hybridized carbons (Fsp3) is 0.167. The largest absolute Gasteiger partial charge is 0.386 e. The van der Waals surface area contributed by atoms with Gasteiger partial charge in [0.1, 0.15) is 6.10 Å². The van der Waals surface area contributed by atoms with E-state index in [9.17, 15) is 15.0 Å². The third-order valence-corrected chi connectivity index (χ3v) is 4.82. The Hall–Kier alpha value is -2.21. The Bertz CT molecular complexity index is 767. The first-order valence-electron chi connectivity index (χ1n) is 7.32. The maximum atomic E-state index is 12.0. The lowest BCUT2D eigenvalue weighted by molar-refractivity contribution is -0.130. The molecule has 2 aromatic carbocycles. The fourth-order valence-corrected chi connectivity index (χ4v) is 3.40. The lowest BCUT2D eigenvalue weighted by atomic mass is 10.1. The summed E-state index contributed by atoms with van der Waals surface area (Å²) in [4.78, 5) is 12.8. The van der Waals surface area contributed by atoms with Gasteiger partial charge in [-0.1, -0.05) is 48.5 Å². The molecule has 3 N–H and O–H groups in total. The number of hydrogen-bond donors (Lipinski definition) is 3. The number of nitrogens with one attached hydrogen (secondary N) is 1. The number of hydrogen-bond acceptors (Lipinski definition) is 4. The standard InChI is InChI=1S/C18H17NO3S/c20-14(16-10-13-8-4-5-9-15(13)23-16)11-19-18(22)17(21)12-6-2-1-3-7-12/h1-10,14,17,20-21H,11H2,(H,19,22)/t14-,17-/m1/s1. The Morgan fingerprint density at radius 1 is 1.04 bits per heavy atom. The summed E-state index contributed by atoms with van der Waals surface area (Å²) in [5.41, 5.74) is 0.529. The van der Waals surface area contributed by atoms with Crippen LogP contribution in [0.1, 0.15) is 22.6 Å². The molecule has 0 aliphatic rings. The van der Waals surface area contributed by atoms with Gasteiger partial charge in [0.25, 0.3) is 5.91 Å². The van der Waals surface area contributed by atoms with Crippen LogP contribution in [0, 0.1) is 0 Å². The molecule has 1 aromatic heterocycles. The Balaban J connectivity index is 1.62. The van der Waals surface area contributed by atoms with Gasteiger partial charge in [0, 0.05) is 16.1 Å². The smallest absolute Gasteiger partial charge is 0.253 e. The molecule has 118 valence electrons. The molecule has 4 nitrogen and oxygen atoms in total. The van der Waals surface area contributed by atoms with Crippen LogP contribution in [0.15, 0.2) is 60.7 Å². The summed E-state index contributed by atoms with van der Waals surface area (Å²) in [6, 6.07) is 18.5. The number of amides is 1. The van der Waals surface area contributed by atoms with Gasteiger partial charge >= 0.3 is 0 Å². The van der Waals surface area contributed by atoms with E-state index >= 15 is 0 Å². The highest BCUT2D eigenvalue weighted by atomic mass is 32.1. The van der Waals surface area contributed by atoms with Crippen LogP contribution in [-0.2, 0) is 4.79 Å². The molecule has 0 saturated carbocycles. The van der Waals surface area contributed by atoms with Crippen molar-refractivity contribution < 1.29 is 15.0 Å². The Labute approximate surface area is 138 Å². The van der Waals surface area contributed by atoms with Crippen LogP contribution in [0.2, 0.25) is 0 Å². The molecule has 3 rings (SSSR count). The van der Waals surface area contributed by atoms with Crippen LogP contribution in [0.4, 0.5) is 0 Å². The second kappa shape index (κ2) is 6.91. The monoisotopic (exact) mass is 327 g/mol. The summed E-state index contributed by atoms with van der Waals surface area (Å²) in [6.45, 7) is 0.0650. The van der Waals surface area contributed by atoms with Crippen molar-refractivity contribution in [2.75, 3.05) is 6.54 Å². The lowest BCUT2D eigenvalue weighted by Gasteiger charge is -2.14. The SMILES string of the molecule is O=C(NC[C@@H](O)c1cc2ccccc2s1)[C@H](O)c1ccccc1. The molecule has 0 bridgehead atoms. The molecule has 0 fully saturated rings. The van der Waals surface area contributed by atoms with E-state index in [-0.39, 0.29) is 6.54 Å². The molecule has 2 atom stereocenters. The Morgan fingerprint density at radius 2 is 1.74 bits per heavy atom. The van der Waals surface area contributed by atoms with Crippen LogP contribution in [0.25, 0.3) is 10.1 Å². The minimum Gasteiger partial charge on any atom is -0.386 e. The maximum absolute atomic E-state index is 12.0. The number of rotatable bonds is 5. The molecular formula is C18H17NO3S. The zero-order valence-corrected chi connectivity index (χ0v) is 13.2. The van der Waals surface area contributed by atoms with E-state index in [1.165, 1.54) is 11.3 Å². The summed E-state index contributed by atoms with van der Waals surface area (Å²) in [7, 11) is 0. The summed E-state index contributed by atoms with van der Waals surface area (Å²) in [5, 5.41) is 23.9. The molecule has 1 heterocycles. The third-order valence-electron chi connectivity index (χ3n) is 3.61. The van der Waals surface area contributed by atoms with Crippen LogP contribution in [0.3, 0.4) is 0 Å². The average Bonchev–Trinajstić information content (AvgIpc) is 3.03. The minimum atomic E-state index is -1.23. The zero-order chi connectivity index (χ0) is 16.2. The number of carbonyl (C=O) groups is 1. The van der Waals surface area contributed by atoms with Gasteiger partial charge in [0.15, 0.2) is 6.10 Å². The van der Waals surface area contributed by atoms with Crippen molar-refractivity contribution in [1.29, 1.82) is 0 Å². The van der Waals surface area contributed by atoms with Gasteiger partial charge in [-0.3, -0.25) is 4.79 Å². The second-order valence-electron chi connectivity index (χ2n) is 5.26. The Morgan fingerprint density at radius 3 is 2.48 bits per heavy atom. The summed E-state index contributed by atoms with van der Waals surface area (Å²) in [6.07, 6.45) is -2.02. The molecule has 23 heavy (non-hydrogen) atoms. The molecule has 0 unspecified atom stereocenters. The maximum Gasteiger partial charge on any atom is 0.253 e. The van der Waals surface area contributed by atoms with E-state index in [1.807, 2.05) is 36.4 Å². The number of benzene rings is 2. The first-order valence-corrected chi connectivity index (χ1v) is 8.14. The van der Waals surface area contributed by atoms with Gasteiger partial charge in [-0.15, -0.1) is 11.3 Å². The highest BCUT2D eigenvalue weighted by molar-refractivity contribution is 7.19. The van der Waals surface area contributed by atoms with E-state index in [0.717, 1.165) is 15.0 Å². The topological polar surface area (TPSA) is 69.6 Å². The first-order chi connectivity index (χ1) is 11.1. The molecule has 0 radical (unpaired) electrons. The van der Waals surface area contributed by atoms with Crippen molar-refractivity contribution in [3.8, 4) is 0 Å². The van der Waals surface area contributed by atoms with Crippen molar-refractivity contribution in [2.24, 2.45) is 0 Å². The van der Waals surface area contributed by atoms with Gasteiger partial charge in [-0.2, -0.15) is 0 Å². The third kappa shape index (κ3) is 3.59. The molecule has 0 aliphatic carbocycles. The van der Waals surface area contributed by atoms with E-state index in [1.54, 1.807) is 24.3 Å². The van der Waals surface area contributed by atoms with E-state index in [2.05, 4.69) is 5.32 Å². The Kier molecular flexibility index (Phi) is 4.71. The molecule has 0 saturated heterocycles. The van der Waals surface area contributed by atoms with Crippen LogP contribution < -0.4 is 5.32 Å². The van der Waals surface area contributed by atoms with Gasteiger partial charge < -0.3 is 15.5 Å². The average molecular weight is 327 g/mol. The molecular weight excluding hydrogens is 310 g/mol. The van der Waals surface area contributed by atoms with Crippen molar-refractivity contribution >= 4 is 27.3 Å². The van der Waals surface area contributed by atoms with Crippen LogP contribution >= 0.6 is 11.3 Å². The van der Waals surface area contributed by atoms with Crippen molar-refractivity contribution in [1.82, 2.24) is 5.32 Å². The number of thiophene rings is 1. The normalized spacial score (nSPS) is 13.7. The van der Waals surface area contributed by atoms with E-state index in [0.29, 0.717) is 5.56 Å². The predicted octanol–water partition coefficient (Wildman–Crippen LogP) is 2.78. The molecule has 0 spiro atoms. The van der Waals surface area contributed by atoms with Crippen molar-refractivity contribution in [3.05, 3.63) is 71.1 Å².